The van der Waals surface area contributed by atoms with Gasteiger partial charge in [-0.1, -0.05) is 48.3 Å². The Balaban J connectivity index is 1.42. The highest BCUT2D eigenvalue weighted by atomic mass is 35.5. The average Bonchev–Trinajstić information content (AvgIpc) is 3.63. The standard InChI is InChI=1S/C48H64Cl2N8O8/c1-10-65-29-40(48(64)57(8)38(22-33-11-16-36(49)17-12-33)24-44(59)53-25-31(3)56(7)47(63)30(2)21-45(60)61)54-46(62)32(4)51-26-35-13-18-37(50)23-42(35)66-39-19-14-34(15-20-39)41-27-52-43(58(41)9)28-55(5)6/h11-20,23,27,30-32,38,40,51H,10,21-22,24-26,28-29H2,1-9H3,(H,53,59)(H,54,62)(H,60,61). The van der Waals surface area contributed by atoms with Gasteiger partial charge in [0.15, 0.2) is 0 Å². The maximum absolute atomic E-state index is 14.3. The molecule has 4 rings (SSSR count). The molecule has 66 heavy (non-hydrogen) atoms. The van der Waals surface area contributed by atoms with E-state index in [-0.39, 0.29) is 44.4 Å². The van der Waals surface area contributed by atoms with Gasteiger partial charge in [-0.25, -0.2) is 4.98 Å². The van der Waals surface area contributed by atoms with Crippen molar-refractivity contribution in [1.29, 1.82) is 0 Å². The Morgan fingerprint density at radius 1 is 0.864 bits per heavy atom. The molecule has 4 N–H and O–H groups in total. The summed E-state index contributed by atoms with van der Waals surface area (Å²) in [6.07, 6.45) is 1.74. The van der Waals surface area contributed by atoms with E-state index in [4.69, 9.17) is 37.8 Å². The highest BCUT2D eigenvalue weighted by molar-refractivity contribution is 6.31. The van der Waals surface area contributed by atoms with Gasteiger partial charge in [-0.05, 0) is 95.4 Å². The van der Waals surface area contributed by atoms with Crippen LogP contribution >= 0.6 is 23.2 Å². The summed E-state index contributed by atoms with van der Waals surface area (Å²) >= 11 is 12.6. The summed E-state index contributed by atoms with van der Waals surface area (Å²) < 4.78 is 14.0. The monoisotopic (exact) mass is 950 g/mol. The molecule has 0 spiro atoms. The molecule has 1 heterocycles. The van der Waals surface area contributed by atoms with E-state index in [1.165, 1.54) is 9.80 Å². The molecule has 18 heteroatoms. The molecule has 0 aliphatic rings. The van der Waals surface area contributed by atoms with Crippen molar-refractivity contribution in [1.82, 2.24) is 40.2 Å². The number of benzene rings is 3. The first-order chi connectivity index (χ1) is 31.3. The summed E-state index contributed by atoms with van der Waals surface area (Å²) in [4.78, 5) is 74.9. The number of likely N-dealkylation sites (N-methyl/N-ethyl adjacent to an activating group) is 2. The fourth-order valence-electron chi connectivity index (χ4n) is 7.06. The minimum atomic E-state index is -1.08. The number of amides is 4. The third-order valence-corrected chi connectivity index (χ3v) is 11.7. The first-order valence-corrected chi connectivity index (χ1v) is 22.6. The van der Waals surface area contributed by atoms with Crippen molar-refractivity contribution in [2.45, 2.75) is 84.2 Å². The van der Waals surface area contributed by atoms with Crippen molar-refractivity contribution in [2.24, 2.45) is 13.0 Å². The lowest BCUT2D eigenvalue weighted by atomic mass is 10.0. The number of carboxylic acid groups (broad SMARTS) is 1. The van der Waals surface area contributed by atoms with E-state index in [2.05, 4.69) is 30.4 Å². The lowest BCUT2D eigenvalue weighted by molar-refractivity contribution is -0.144. The zero-order valence-electron chi connectivity index (χ0n) is 39.3. The van der Waals surface area contributed by atoms with E-state index >= 15 is 0 Å². The third-order valence-electron chi connectivity index (χ3n) is 11.3. The molecule has 0 bridgehead atoms. The number of carboxylic acids is 1. The maximum Gasteiger partial charge on any atom is 0.304 e. The second-order valence-corrected chi connectivity index (χ2v) is 17.7. The first kappa shape index (κ1) is 53.1. The van der Waals surface area contributed by atoms with Crippen LogP contribution in [0.2, 0.25) is 10.0 Å². The van der Waals surface area contributed by atoms with Crippen LogP contribution < -0.4 is 20.7 Å². The van der Waals surface area contributed by atoms with Gasteiger partial charge >= 0.3 is 5.97 Å². The SMILES string of the molecule is CCOCC(NC(=O)C(C)NCc1ccc(Cl)cc1Oc1ccc(-c2cnc(CN(C)C)n2C)cc1)C(=O)N(C)C(CC(=O)NCC(C)N(C)C(=O)C(C)CC(=O)O)Cc1ccc(Cl)cc1. The highest BCUT2D eigenvalue weighted by Gasteiger charge is 2.32. The van der Waals surface area contributed by atoms with Crippen LogP contribution in [0.5, 0.6) is 11.5 Å². The van der Waals surface area contributed by atoms with Crippen LogP contribution in [-0.2, 0) is 55.3 Å². The fraction of sp³-hybridized carbons (Fsp3) is 0.458. The molecular formula is C48H64Cl2N8O8. The smallest absolute Gasteiger partial charge is 0.304 e. The normalized spacial score (nSPS) is 13.6. The van der Waals surface area contributed by atoms with E-state index in [1.54, 1.807) is 66.1 Å². The van der Waals surface area contributed by atoms with Gasteiger partial charge in [-0.3, -0.25) is 24.0 Å². The van der Waals surface area contributed by atoms with Gasteiger partial charge in [0.2, 0.25) is 23.6 Å². The van der Waals surface area contributed by atoms with Crippen LogP contribution in [0.4, 0.5) is 0 Å². The number of nitrogens with zero attached hydrogens (tertiary/aromatic N) is 5. The number of aliphatic carboxylic acids is 1. The summed E-state index contributed by atoms with van der Waals surface area (Å²) in [5, 5.41) is 19.1. The zero-order valence-corrected chi connectivity index (χ0v) is 40.8. The molecule has 3 aromatic carbocycles. The molecule has 4 aromatic rings. The highest BCUT2D eigenvalue weighted by Crippen LogP contribution is 2.31. The Kier molecular flexibility index (Phi) is 20.4. The number of halogens is 2. The quantitative estimate of drug-likeness (QED) is 0.0631. The summed E-state index contributed by atoms with van der Waals surface area (Å²) in [5.74, 6) is -1.39. The van der Waals surface area contributed by atoms with Crippen LogP contribution in [-0.4, -0.2) is 131 Å². The summed E-state index contributed by atoms with van der Waals surface area (Å²) in [7, 11) is 9.14. The number of aromatic nitrogens is 2. The van der Waals surface area contributed by atoms with Gasteiger partial charge in [-0.15, -0.1) is 0 Å². The number of hydrogen-bond donors (Lipinski definition) is 4. The molecule has 0 saturated heterocycles. The first-order valence-electron chi connectivity index (χ1n) is 21.9. The predicted octanol–water partition coefficient (Wildman–Crippen LogP) is 5.78. The molecule has 5 atom stereocenters. The molecule has 0 radical (unpaired) electrons. The van der Waals surface area contributed by atoms with Crippen LogP contribution in [0.25, 0.3) is 11.3 Å². The lowest BCUT2D eigenvalue weighted by Crippen LogP contribution is -2.56. The molecular weight excluding hydrogens is 887 g/mol. The van der Waals surface area contributed by atoms with Crippen LogP contribution in [0, 0.1) is 5.92 Å². The predicted molar refractivity (Wildman–Crippen MR) is 255 cm³/mol. The van der Waals surface area contributed by atoms with Crippen LogP contribution in [0.3, 0.4) is 0 Å². The number of ether oxygens (including phenoxy) is 2. The topological polar surface area (TPSA) is 188 Å². The van der Waals surface area contributed by atoms with Crippen molar-refractivity contribution in [3.8, 4) is 22.8 Å². The zero-order chi connectivity index (χ0) is 48.7. The number of carbonyl (C=O) groups excluding carboxylic acids is 4. The Labute approximate surface area is 397 Å². The van der Waals surface area contributed by atoms with Gasteiger partial charge in [0.25, 0.3) is 0 Å². The number of imidazole rings is 1. The number of rotatable bonds is 25. The van der Waals surface area contributed by atoms with Crippen molar-refractivity contribution >= 4 is 52.8 Å². The van der Waals surface area contributed by atoms with E-state index < -0.39 is 47.9 Å². The molecule has 16 nitrogen and oxygen atoms in total. The lowest BCUT2D eigenvalue weighted by Gasteiger charge is -2.32. The van der Waals surface area contributed by atoms with E-state index in [1.807, 2.05) is 69.8 Å². The number of nitrogens with one attached hydrogen (secondary N) is 3. The largest absolute Gasteiger partial charge is 0.481 e. The molecule has 1 aromatic heterocycles. The van der Waals surface area contributed by atoms with Crippen LogP contribution in [0.1, 0.15) is 57.5 Å². The molecule has 0 fully saturated rings. The van der Waals surface area contributed by atoms with Gasteiger partial charge in [0.1, 0.15) is 23.4 Å². The van der Waals surface area contributed by atoms with Crippen molar-refractivity contribution in [3.63, 3.8) is 0 Å². The van der Waals surface area contributed by atoms with Crippen molar-refractivity contribution in [3.05, 3.63) is 99.9 Å². The molecule has 0 aliphatic heterocycles. The second-order valence-electron chi connectivity index (χ2n) is 16.8. The number of carbonyl (C=O) groups is 5. The van der Waals surface area contributed by atoms with Gasteiger partial charge < -0.3 is 49.8 Å². The van der Waals surface area contributed by atoms with E-state index in [0.717, 1.165) is 28.2 Å². The van der Waals surface area contributed by atoms with Crippen molar-refractivity contribution in [2.75, 3.05) is 47.9 Å². The van der Waals surface area contributed by atoms with E-state index in [0.29, 0.717) is 41.1 Å². The number of hydrogen-bond acceptors (Lipinski definition) is 10. The van der Waals surface area contributed by atoms with Gasteiger partial charge in [0, 0.05) is 86.4 Å². The van der Waals surface area contributed by atoms with Gasteiger partial charge in [-0.2, -0.15) is 0 Å². The Morgan fingerprint density at radius 2 is 1.53 bits per heavy atom. The van der Waals surface area contributed by atoms with Crippen molar-refractivity contribution < 1.29 is 38.6 Å². The molecule has 0 saturated carbocycles. The average molecular weight is 952 g/mol. The van der Waals surface area contributed by atoms with Gasteiger partial charge in [0.05, 0.1) is 37.5 Å². The Morgan fingerprint density at radius 3 is 2.17 bits per heavy atom. The third kappa shape index (κ3) is 15.8. The molecule has 358 valence electrons. The molecule has 4 amide bonds. The maximum atomic E-state index is 14.3. The fourth-order valence-corrected chi connectivity index (χ4v) is 7.35. The Hall–Kier alpha value is -5.52. The van der Waals surface area contributed by atoms with E-state index in [9.17, 15) is 24.0 Å². The minimum absolute atomic E-state index is 0.0992. The summed E-state index contributed by atoms with van der Waals surface area (Å²) in [5.41, 5.74) is 3.53. The summed E-state index contributed by atoms with van der Waals surface area (Å²) in [6, 6.07) is 17.1. The summed E-state index contributed by atoms with van der Waals surface area (Å²) in [6.45, 7) is 7.99. The molecule has 5 unspecified atom stereocenters. The Bertz CT molecular complexity index is 2260. The minimum Gasteiger partial charge on any atom is -0.481 e. The second kappa shape index (κ2) is 25.4. The molecule has 0 aliphatic carbocycles. The van der Waals surface area contributed by atoms with Crippen LogP contribution in [0.15, 0.2) is 72.9 Å².